The highest BCUT2D eigenvalue weighted by atomic mass is 28.3. The van der Waals surface area contributed by atoms with Crippen LogP contribution in [0.1, 0.15) is 5.56 Å². The Morgan fingerprint density at radius 1 is 1.11 bits per heavy atom. The van der Waals surface area contributed by atoms with Crippen molar-refractivity contribution in [2.24, 2.45) is 0 Å². The summed E-state index contributed by atoms with van der Waals surface area (Å²) >= 11 is 0. The molecule has 1 aromatic heterocycles. The average molecular weight is 273 g/mol. The Bertz CT molecular complexity index is 555. The maximum atomic E-state index is 12.1. The van der Waals surface area contributed by atoms with E-state index in [0.29, 0.717) is 6.61 Å². The predicted octanol–water partition coefficient (Wildman–Crippen LogP) is 3.22. The largest absolute Gasteiger partial charge is 0.444 e. The fraction of sp³-hybridized carbons (Fsp3) is 0.267. The summed E-state index contributed by atoms with van der Waals surface area (Å²) in [5, 5.41) is 1.09. The number of rotatable bonds is 3. The van der Waals surface area contributed by atoms with Gasteiger partial charge in [-0.2, -0.15) is 0 Å². The van der Waals surface area contributed by atoms with Crippen LogP contribution >= 0.6 is 0 Å². The lowest BCUT2D eigenvalue weighted by molar-refractivity contribution is 0.142. The van der Waals surface area contributed by atoms with Crippen LogP contribution in [0.3, 0.4) is 0 Å². The molecule has 0 unspecified atom stereocenters. The van der Waals surface area contributed by atoms with Crippen LogP contribution in [0.25, 0.3) is 0 Å². The molecule has 4 heteroatoms. The Hall–Kier alpha value is -1.81. The zero-order valence-corrected chi connectivity index (χ0v) is 12.6. The minimum atomic E-state index is -1.53. The molecule has 100 valence electrons. The molecular weight excluding hydrogens is 254 g/mol. The van der Waals surface area contributed by atoms with Crippen molar-refractivity contribution >= 4 is 19.5 Å². The van der Waals surface area contributed by atoms with Gasteiger partial charge in [0.15, 0.2) is 0 Å². The minimum Gasteiger partial charge on any atom is -0.444 e. The molecule has 0 fully saturated rings. The molecule has 19 heavy (non-hydrogen) atoms. The van der Waals surface area contributed by atoms with Gasteiger partial charge in [0.2, 0.25) is 0 Å². The second kappa shape index (κ2) is 5.44. The van der Waals surface area contributed by atoms with Gasteiger partial charge in [0.05, 0.1) is 8.07 Å². The van der Waals surface area contributed by atoms with Gasteiger partial charge in [-0.25, -0.2) is 4.79 Å². The van der Waals surface area contributed by atoms with Gasteiger partial charge in [-0.1, -0.05) is 50.0 Å². The molecule has 0 amide bonds. The van der Waals surface area contributed by atoms with Crippen molar-refractivity contribution in [3.63, 3.8) is 0 Å². The number of aromatic nitrogens is 1. The number of carbonyl (C=O) groups excluding carboxylic acids is 1. The molecule has 0 N–H and O–H groups in total. The van der Waals surface area contributed by atoms with Crippen LogP contribution in [-0.4, -0.2) is 18.7 Å². The third-order valence-electron chi connectivity index (χ3n) is 2.92. The SMILES string of the molecule is C[Si](C)(C)c1cccn1C(=O)OCc1ccccc1. The fourth-order valence-corrected chi connectivity index (χ4v) is 3.43. The number of hydrogen-bond acceptors (Lipinski definition) is 2. The van der Waals surface area contributed by atoms with E-state index >= 15 is 0 Å². The van der Waals surface area contributed by atoms with Crippen molar-refractivity contribution in [1.82, 2.24) is 4.57 Å². The quantitative estimate of drug-likeness (QED) is 0.804. The number of hydrogen-bond donors (Lipinski definition) is 0. The first-order chi connectivity index (χ1) is 8.98. The molecule has 0 saturated heterocycles. The molecular formula is C15H19NO2Si. The Morgan fingerprint density at radius 2 is 1.79 bits per heavy atom. The highest BCUT2D eigenvalue weighted by molar-refractivity contribution is 6.88. The summed E-state index contributed by atoms with van der Waals surface area (Å²) < 4.78 is 6.99. The van der Waals surface area contributed by atoms with Crippen LogP contribution in [0.5, 0.6) is 0 Å². The van der Waals surface area contributed by atoms with Crippen LogP contribution < -0.4 is 5.32 Å². The highest BCUT2D eigenvalue weighted by Crippen LogP contribution is 2.06. The average Bonchev–Trinajstić information content (AvgIpc) is 2.86. The van der Waals surface area contributed by atoms with Gasteiger partial charge < -0.3 is 4.74 Å². The van der Waals surface area contributed by atoms with Gasteiger partial charge in [0.25, 0.3) is 0 Å². The summed E-state index contributed by atoms with van der Waals surface area (Å²) in [6, 6.07) is 13.6. The van der Waals surface area contributed by atoms with Gasteiger partial charge in [0, 0.05) is 11.5 Å². The first kappa shape index (κ1) is 13.6. The molecule has 0 radical (unpaired) electrons. The summed E-state index contributed by atoms with van der Waals surface area (Å²) in [6.07, 6.45) is 1.48. The van der Waals surface area contributed by atoms with E-state index in [1.165, 1.54) is 0 Å². The summed E-state index contributed by atoms with van der Waals surface area (Å²) in [6.45, 7) is 6.94. The maximum absolute atomic E-state index is 12.1. The topological polar surface area (TPSA) is 31.2 Å². The van der Waals surface area contributed by atoms with E-state index in [9.17, 15) is 4.79 Å². The van der Waals surface area contributed by atoms with E-state index in [0.717, 1.165) is 10.9 Å². The molecule has 2 rings (SSSR count). The van der Waals surface area contributed by atoms with Crippen LogP contribution in [-0.2, 0) is 11.3 Å². The zero-order valence-electron chi connectivity index (χ0n) is 11.6. The van der Waals surface area contributed by atoms with Crippen molar-refractivity contribution in [3.8, 4) is 0 Å². The van der Waals surface area contributed by atoms with Gasteiger partial charge in [-0.05, 0) is 17.7 Å². The van der Waals surface area contributed by atoms with E-state index in [4.69, 9.17) is 4.74 Å². The zero-order chi connectivity index (χ0) is 13.9. The first-order valence-corrected chi connectivity index (χ1v) is 9.87. The lowest BCUT2D eigenvalue weighted by Gasteiger charge is -2.18. The van der Waals surface area contributed by atoms with Crippen LogP contribution in [0.15, 0.2) is 48.7 Å². The summed E-state index contributed by atoms with van der Waals surface area (Å²) in [4.78, 5) is 12.1. The number of nitrogens with zero attached hydrogens (tertiary/aromatic N) is 1. The van der Waals surface area contributed by atoms with Gasteiger partial charge in [-0.3, -0.25) is 4.57 Å². The fourth-order valence-electron chi connectivity index (χ4n) is 1.94. The first-order valence-electron chi connectivity index (χ1n) is 6.37. The van der Waals surface area contributed by atoms with Crippen molar-refractivity contribution in [3.05, 3.63) is 54.2 Å². The number of carbonyl (C=O) groups is 1. The van der Waals surface area contributed by atoms with E-state index in [2.05, 4.69) is 19.6 Å². The smallest absolute Gasteiger partial charge is 0.418 e. The molecule has 0 aliphatic carbocycles. The van der Waals surface area contributed by atoms with E-state index in [-0.39, 0.29) is 6.09 Å². The number of benzene rings is 1. The molecule has 0 bridgehead atoms. The van der Waals surface area contributed by atoms with Gasteiger partial charge in [0.1, 0.15) is 6.61 Å². The van der Waals surface area contributed by atoms with Crippen molar-refractivity contribution < 1.29 is 9.53 Å². The van der Waals surface area contributed by atoms with E-state index in [1.807, 2.05) is 42.5 Å². The third kappa shape index (κ3) is 3.35. The Balaban J connectivity index is 2.07. The molecule has 2 aromatic rings. The molecule has 1 aromatic carbocycles. The summed E-state index contributed by atoms with van der Waals surface area (Å²) in [5.74, 6) is 0. The standard InChI is InChI=1S/C15H19NO2Si/c1-19(2,3)14-10-7-11-16(14)15(17)18-12-13-8-5-4-6-9-13/h4-11H,12H2,1-3H3. The Kier molecular flexibility index (Phi) is 3.90. The van der Waals surface area contributed by atoms with Crippen molar-refractivity contribution in [2.75, 3.05) is 0 Å². The van der Waals surface area contributed by atoms with Crippen molar-refractivity contribution in [2.45, 2.75) is 26.2 Å². The molecule has 0 atom stereocenters. The maximum Gasteiger partial charge on any atom is 0.418 e. The molecule has 0 aliphatic rings. The molecule has 0 spiro atoms. The minimum absolute atomic E-state index is 0.300. The second-order valence-corrected chi connectivity index (χ2v) is 10.6. The van der Waals surface area contributed by atoms with E-state index in [1.54, 1.807) is 10.8 Å². The Labute approximate surface area is 114 Å². The van der Waals surface area contributed by atoms with Crippen LogP contribution in [0, 0.1) is 0 Å². The van der Waals surface area contributed by atoms with Crippen LogP contribution in [0.2, 0.25) is 19.6 Å². The highest BCUT2D eigenvalue weighted by Gasteiger charge is 2.23. The molecule has 0 aliphatic heterocycles. The van der Waals surface area contributed by atoms with Gasteiger partial charge >= 0.3 is 6.09 Å². The predicted molar refractivity (Wildman–Crippen MR) is 79.4 cm³/mol. The lowest BCUT2D eigenvalue weighted by Crippen LogP contribution is -2.44. The third-order valence-corrected chi connectivity index (χ3v) is 4.86. The van der Waals surface area contributed by atoms with Crippen LogP contribution in [0.4, 0.5) is 4.79 Å². The van der Waals surface area contributed by atoms with E-state index < -0.39 is 8.07 Å². The summed E-state index contributed by atoms with van der Waals surface area (Å²) in [7, 11) is -1.53. The summed E-state index contributed by atoms with van der Waals surface area (Å²) in [5.41, 5.74) is 0.998. The number of ether oxygens (including phenoxy) is 1. The Morgan fingerprint density at radius 3 is 2.42 bits per heavy atom. The van der Waals surface area contributed by atoms with Crippen molar-refractivity contribution in [1.29, 1.82) is 0 Å². The van der Waals surface area contributed by atoms with Gasteiger partial charge in [-0.15, -0.1) is 0 Å². The molecule has 3 nitrogen and oxygen atoms in total. The normalized spacial score (nSPS) is 11.3. The lowest BCUT2D eigenvalue weighted by atomic mass is 10.2. The molecule has 0 saturated carbocycles. The monoisotopic (exact) mass is 273 g/mol. The molecule has 1 heterocycles. The second-order valence-electron chi connectivity index (χ2n) is 5.55.